The SMILES string of the molecule is CCOC(=O)c1ccc(NC(=O)COC(=O)[C@H]2CS[C@]3(C)CCC(=O)N23)cc1. The number of hydrogen-bond acceptors (Lipinski definition) is 7. The molecule has 0 saturated carbocycles. The minimum atomic E-state index is -0.651. The number of carbonyl (C=O) groups excluding carboxylic acids is 4. The van der Waals surface area contributed by atoms with E-state index in [4.69, 9.17) is 9.47 Å². The summed E-state index contributed by atoms with van der Waals surface area (Å²) in [7, 11) is 0. The predicted molar refractivity (Wildman–Crippen MR) is 103 cm³/mol. The summed E-state index contributed by atoms with van der Waals surface area (Å²) in [4.78, 5) is 49.3. The second kappa shape index (κ2) is 8.22. The molecule has 2 aliphatic rings. The summed E-state index contributed by atoms with van der Waals surface area (Å²) >= 11 is 1.57. The van der Waals surface area contributed by atoms with Crippen molar-refractivity contribution in [1.82, 2.24) is 4.90 Å². The van der Waals surface area contributed by atoms with Gasteiger partial charge in [0, 0.05) is 17.9 Å². The lowest BCUT2D eigenvalue weighted by atomic mass is 10.2. The van der Waals surface area contributed by atoms with Crippen molar-refractivity contribution in [3.63, 3.8) is 0 Å². The minimum Gasteiger partial charge on any atom is -0.462 e. The van der Waals surface area contributed by atoms with Crippen LogP contribution in [0.25, 0.3) is 0 Å². The summed E-state index contributed by atoms with van der Waals surface area (Å²) in [6, 6.07) is 5.55. The van der Waals surface area contributed by atoms with E-state index in [9.17, 15) is 19.2 Å². The van der Waals surface area contributed by atoms with Gasteiger partial charge in [0.15, 0.2) is 6.61 Å². The van der Waals surface area contributed by atoms with Gasteiger partial charge in [0.2, 0.25) is 5.91 Å². The highest BCUT2D eigenvalue weighted by molar-refractivity contribution is 8.01. The number of thioether (sulfide) groups is 1. The van der Waals surface area contributed by atoms with E-state index in [1.807, 2.05) is 6.92 Å². The van der Waals surface area contributed by atoms with Gasteiger partial charge in [0.25, 0.3) is 5.91 Å². The zero-order valence-electron chi connectivity index (χ0n) is 15.7. The maximum absolute atomic E-state index is 12.4. The number of nitrogens with one attached hydrogen (secondary N) is 1. The van der Waals surface area contributed by atoms with Crippen molar-refractivity contribution in [1.29, 1.82) is 0 Å². The van der Waals surface area contributed by atoms with Gasteiger partial charge in [-0.2, -0.15) is 0 Å². The van der Waals surface area contributed by atoms with Crippen molar-refractivity contribution in [2.24, 2.45) is 0 Å². The van der Waals surface area contributed by atoms with Gasteiger partial charge in [-0.15, -0.1) is 11.8 Å². The molecule has 2 heterocycles. The normalized spacial score (nSPS) is 23.3. The summed E-state index contributed by atoms with van der Waals surface area (Å²) in [5.41, 5.74) is 0.844. The van der Waals surface area contributed by atoms with Crippen LogP contribution in [0.3, 0.4) is 0 Å². The van der Waals surface area contributed by atoms with Crippen LogP contribution in [0, 0.1) is 0 Å². The van der Waals surface area contributed by atoms with Gasteiger partial charge in [0.05, 0.1) is 17.0 Å². The fourth-order valence-corrected chi connectivity index (χ4v) is 4.75. The first kappa shape index (κ1) is 20.2. The molecule has 150 valence electrons. The first-order chi connectivity index (χ1) is 13.3. The number of benzene rings is 1. The molecule has 1 aromatic carbocycles. The molecule has 0 bridgehead atoms. The van der Waals surface area contributed by atoms with E-state index in [-0.39, 0.29) is 17.4 Å². The van der Waals surface area contributed by atoms with E-state index >= 15 is 0 Å². The third-order valence-corrected chi connectivity index (χ3v) is 6.25. The molecule has 0 aromatic heterocycles. The average Bonchev–Trinajstić information content (AvgIpc) is 3.16. The van der Waals surface area contributed by atoms with E-state index in [2.05, 4.69) is 5.32 Å². The van der Waals surface area contributed by atoms with Crippen LogP contribution in [0.4, 0.5) is 5.69 Å². The van der Waals surface area contributed by atoms with Crippen molar-refractivity contribution >= 4 is 41.2 Å². The molecule has 1 aromatic rings. The third-order valence-electron chi connectivity index (χ3n) is 4.74. The number of fused-ring (bicyclic) bond motifs is 1. The summed E-state index contributed by atoms with van der Waals surface area (Å²) in [5, 5.41) is 2.59. The van der Waals surface area contributed by atoms with Gasteiger partial charge >= 0.3 is 11.9 Å². The molecular weight excluding hydrogens is 384 g/mol. The van der Waals surface area contributed by atoms with Crippen molar-refractivity contribution in [2.75, 3.05) is 24.3 Å². The van der Waals surface area contributed by atoms with Crippen LogP contribution in [-0.4, -0.2) is 58.5 Å². The van der Waals surface area contributed by atoms with E-state index in [1.54, 1.807) is 35.7 Å². The number of esters is 2. The standard InChI is InChI=1S/C19H22N2O6S/c1-3-26-17(24)12-4-6-13(7-5-12)20-15(22)10-27-18(25)14-11-28-19(2)9-8-16(23)21(14)19/h4-7,14H,3,8-11H2,1-2H3,(H,20,22)/t14-,19-/m1/s1. The topological polar surface area (TPSA) is 102 Å². The number of carbonyl (C=O) groups is 4. The van der Waals surface area contributed by atoms with Gasteiger partial charge in [-0.05, 0) is 44.5 Å². The molecule has 8 nitrogen and oxygen atoms in total. The number of hydrogen-bond donors (Lipinski definition) is 1. The second-order valence-electron chi connectivity index (χ2n) is 6.72. The molecule has 2 aliphatic heterocycles. The van der Waals surface area contributed by atoms with Crippen molar-refractivity contribution in [3.05, 3.63) is 29.8 Å². The molecule has 28 heavy (non-hydrogen) atoms. The maximum Gasteiger partial charge on any atom is 0.338 e. The summed E-state index contributed by atoms with van der Waals surface area (Å²) in [6.45, 7) is 3.50. The molecule has 0 spiro atoms. The third kappa shape index (κ3) is 4.14. The quantitative estimate of drug-likeness (QED) is 0.719. The Labute approximate surface area is 166 Å². The van der Waals surface area contributed by atoms with Crippen LogP contribution in [0.1, 0.15) is 37.0 Å². The fourth-order valence-electron chi connectivity index (χ4n) is 3.33. The first-order valence-electron chi connectivity index (χ1n) is 9.04. The Kier molecular flexibility index (Phi) is 5.93. The van der Waals surface area contributed by atoms with E-state index in [0.29, 0.717) is 29.8 Å². The van der Waals surface area contributed by atoms with E-state index < -0.39 is 30.5 Å². The Hall–Kier alpha value is -2.55. The first-order valence-corrected chi connectivity index (χ1v) is 10.0. The average molecular weight is 406 g/mol. The predicted octanol–water partition coefficient (Wildman–Crippen LogP) is 1.80. The van der Waals surface area contributed by atoms with Gasteiger partial charge < -0.3 is 19.7 Å². The van der Waals surface area contributed by atoms with Gasteiger partial charge in [0.1, 0.15) is 6.04 Å². The van der Waals surface area contributed by atoms with E-state index in [1.165, 1.54) is 12.1 Å². The highest BCUT2D eigenvalue weighted by Gasteiger charge is 2.53. The van der Waals surface area contributed by atoms with Gasteiger partial charge in [-0.25, -0.2) is 9.59 Å². The molecule has 2 amide bonds. The van der Waals surface area contributed by atoms with Crippen LogP contribution < -0.4 is 5.32 Å². The minimum absolute atomic E-state index is 0.0550. The number of amides is 2. The number of rotatable bonds is 6. The van der Waals surface area contributed by atoms with Gasteiger partial charge in [-0.1, -0.05) is 0 Å². The smallest absolute Gasteiger partial charge is 0.338 e. The Bertz CT molecular complexity index is 796. The van der Waals surface area contributed by atoms with Crippen LogP contribution >= 0.6 is 11.8 Å². The van der Waals surface area contributed by atoms with Crippen LogP contribution in [0.15, 0.2) is 24.3 Å². The molecule has 0 radical (unpaired) electrons. The zero-order chi connectivity index (χ0) is 20.3. The Morgan fingerprint density at radius 3 is 2.64 bits per heavy atom. The Balaban J connectivity index is 1.50. The van der Waals surface area contributed by atoms with Crippen molar-refractivity contribution in [2.45, 2.75) is 37.6 Å². The maximum atomic E-state index is 12.4. The molecular formula is C19H22N2O6S. The number of ether oxygens (including phenoxy) is 2. The molecule has 0 unspecified atom stereocenters. The van der Waals surface area contributed by atoms with Gasteiger partial charge in [-0.3, -0.25) is 9.59 Å². The molecule has 2 atom stereocenters. The van der Waals surface area contributed by atoms with Crippen LogP contribution in [0.2, 0.25) is 0 Å². The fraction of sp³-hybridized carbons (Fsp3) is 0.474. The number of anilines is 1. The molecule has 2 saturated heterocycles. The molecule has 1 N–H and O–H groups in total. The number of nitrogens with zero attached hydrogens (tertiary/aromatic N) is 1. The Morgan fingerprint density at radius 2 is 1.96 bits per heavy atom. The summed E-state index contributed by atoms with van der Waals surface area (Å²) in [5.74, 6) is -1.09. The molecule has 9 heteroatoms. The highest BCUT2D eigenvalue weighted by Crippen LogP contribution is 2.47. The molecule has 0 aliphatic carbocycles. The lowest BCUT2D eigenvalue weighted by Gasteiger charge is -2.29. The second-order valence-corrected chi connectivity index (χ2v) is 8.22. The summed E-state index contributed by atoms with van der Waals surface area (Å²) in [6.07, 6.45) is 1.14. The highest BCUT2D eigenvalue weighted by atomic mass is 32.2. The zero-order valence-corrected chi connectivity index (χ0v) is 16.5. The monoisotopic (exact) mass is 406 g/mol. The van der Waals surface area contributed by atoms with Crippen molar-refractivity contribution in [3.8, 4) is 0 Å². The van der Waals surface area contributed by atoms with Crippen LogP contribution in [-0.2, 0) is 23.9 Å². The molecule has 3 rings (SSSR count). The summed E-state index contributed by atoms with van der Waals surface area (Å²) < 4.78 is 10.0. The lowest BCUT2D eigenvalue weighted by Crippen LogP contribution is -2.47. The van der Waals surface area contributed by atoms with Crippen molar-refractivity contribution < 1.29 is 28.7 Å². The lowest BCUT2D eigenvalue weighted by molar-refractivity contribution is -0.155. The van der Waals surface area contributed by atoms with Crippen LogP contribution in [0.5, 0.6) is 0 Å². The largest absolute Gasteiger partial charge is 0.462 e. The van der Waals surface area contributed by atoms with E-state index in [0.717, 1.165) is 0 Å². The Morgan fingerprint density at radius 1 is 1.25 bits per heavy atom. The molecule has 2 fully saturated rings.